The van der Waals surface area contributed by atoms with Crippen LogP contribution in [0.3, 0.4) is 0 Å². The third-order valence-electron chi connectivity index (χ3n) is 5.94. The molecule has 3 aliphatic rings. The minimum absolute atomic E-state index is 0.0387. The number of amides is 3. The molecular formula is C17H29N3O4. The molecule has 0 aromatic rings. The van der Waals surface area contributed by atoms with Crippen LogP contribution in [-0.4, -0.2) is 67.4 Å². The molecule has 0 aromatic heterocycles. The second-order valence-electron chi connectivity index (χ2n) is 7.58. The van der Waals surface area contributed by atoms with E-state index in [0.717, 1.165) is 45.4 Å². The zero-order valence-electron chi connectivity index (χ0n) is 14.4. The Balaban J connectivity index is 1.40. The molecule has 0 bridgehead atoms. The number of urea groups is 1. The number of nitrogens with zero attached hydrogens (tertiary/aromatic N) is 1. The molecule has 3 N–H and O–H groups in total. The monoisotopic (exact) mass is 339 g/mol. The molecule has 2 aliphatic heterocycles. The quantitative estimate of drug-likeness (QED) is 0.697. The van der Waals surface area contributed by atoms with Crippen LogP contribution >= 0.6 is 0 Å². The number of rotatable bonds is 3. The first-order chi connectivity index (χ1) is 11.5. The number of hydrogen-bond donors (Lipinski definition) is 3. The molecule has 0 aromatic carbocycles. The number of likely N-dealkylation sites (tertiary alicyclic amines) is 1. The predicted molar refractivity (Wildman–Crippen MR) is 88.4 cm³/mol. The van der Waals surface area contributed by atoms with Crippen LogP contribution in [0.15, 0.2) is 0 Å². The number of piperidine rings is 1. The van der Waals surface area contributed by atoms with Crippen molar-refractivity contribution in [2.24, 2.45) is 11.3 Å². The lowest BCUT2D eigenvalue weighted by Gasteiger charge is -2.47. The molecule has 1 saturated carbocycles. The van der Waals surface area contributed by atoms with Gasteiger partial charge in [0.25, 0.3) is 0 Å². The van der Waals surface area contributed by atoms with Crippen LogP contribution in [-0.2, 0) is 9.53 Å². The van der Waals surface area contributed by atoms with Crippen LogP contribution < -0.4 is 10.6 Å². The maximum Gasteiger partial charge on any atom is 0.314 e. The number of aliphatic hydroxyl groups is 1. The summed E-state index contributed by atoms with van der Waals surface area (Å²) >= 11 is 0. The summed E-state index contributed by atoms with van der Waals surface area (Å²) in [4.78, 5) is 25.6. The lowest BCUT2D eigenvalue weighted by atomic mass is 9.73. The van der Waals surface area contributed by atoms with Gasteiger partial charge in [-0.3, -0.25) is 4.79 Å². The summed E-state index contributed by atoms with van der Waals surface area (Å²) in [6, 6.07) is -0.174. The van der Waals surface area contributed by atoms with Crippen molar-refractivity contribution in [3.8, 4) is 0 Å². The molecule has 3 amide bonds. The molecule has 136 valence electrons. The summed E-state index contributed by atoms with van der Waals surface area (Å²) in [6.45, 7) is 2.87. The lowest BCUT2D eigenvalue weighted by Crippen LogP contribution is -2.51. The minimum Gasteiger partial charge on any atom is -0.393 e. The Morgan fingerprint density at radius 3 is 2.50 bits per heavy atom. The molecule has 2 heterocycles. The summed E-state index contributed by atoms with van der Waals surface area (Å²) in [7, 11) is 1.60. The van der Waals surface area contributed by atoms with Crippen molar-refractivity contribution in [1.29, 1.82) is 0 Å². The van der Waals surface area contributed by atoms with Crippen molar-refractivity contribution >= 4 is 11.9 Å². The average molecular weight is 339 g/mol. The van der Waals surface area contributed by atoms with Crippen molar-refractivity contribution < 1.29 is 19.4 Å². The fourth-order valence-electron chi connectivity index (χ4n) is 4.02. The van der Waals surface area contributed by atoms with Gasteiger partial charge in [-0.05, 0) is 43.9 Å². The van der Waals surface area contributed by atoms with E-state index >= 15 is 0 Å². The van der Waals surface area contributed by atoms with E-state index < -0.39 is 0 Å². The fourth-order valence-corrected chi connectivity index (χ4v) is 4.02. The van der Waals surface area contributed by atoms with Gasteiger partial charge in [-0.15, -0.1) is 0 Å². The highest BCUT2D eigenvalue weighted by Gasteiger charge is 2.42. The Morgan fingerprint density at radius 2 is 1.96 bits per heavy atom. The van der Waals surface area contributed by atoms with Gasteiger partial charge in [0.15, 0.2) is 0 Å². The number of hydrogen-bond acceptors (Lipinski definition) is 4. The van der Waals surface area contributed by atoms with Crippen LogP contribution in [0.1, 0.15) is 38.5 Å². The topological polar surface area (TPSA) is 90.9 Å². The first kappa shape index (κ1) is 17.5. The van der Waals surface area contributed by atoms with Crippen molar-refractivity contribution in [2.75, 3.05) is 33.3 Å². The highest BCUT2D eigenvalue weighted by atomic mass is 16.5. The number of carbonyl (C=O) groups excluding carboxylic acids is 2. The van der Waals surface area contributed by atoms with Crippen LogP contribution in [0.5, 0.6) is 0 Å². The Morgan fingerprint density at radius 1 is 1.25 bits per heavy atom. The van der Waals surface area contributed by atoms with Gasteiger partial charge < -0.3 is 25.4 Å². The second-order valence-corrected chi connectivity index (χ2v) is 7.58. The van der Waals surface area contributed by atoms with Gasteiger partial charge in [0, 0.05) is 32.6 Å². The van der Waals surface area contributed by atoms with Crippen molar-refractivity contribution in [3.63, 3.8) is 0 Å². The Labute approximate surface area is 143 Å². The van der Waals surface area contributed by atoms with Gasteiger partial charge >= 0.3 is 6.03 Å². The highest BCUT2D eigenvalue weighted by molar-refractivity contribution is 5.80. The van der Waals surface area contributed by atoms with Gasteiger partial charge in [0.2, 0.25) is 5.91 Å². The smallest absolute Gasteiger partial charge is 0.314 e. The van der Waals surface area contributed by atoms with Crippen LogP contribution in [0.4, 0.5) is 4.79 Å². The van der Waals surface area contributed by atoms with Crippen molar-refractivity contribution in [1.82, 2.24) is 15.5 Å². The van der Waals surface area contributed by atoms with Gasteiger partial charge in [0.05, 0.1) is 18.8 Å². The highest BCUT2D eigenvalue weighted by Crippen LogP contribution is 2.41. The maximum atomic E-state index is 12.4. The summed E-state index contributed by atoms with van der Waals surface area (Å²) < 4.78 is 5.98. The SMILES string of the molecule is CNC(=O)NCC1CCC2(CCN(C(=O)C3CC(O)C3)CC2)CO1. The predicted octanol–water partition coefficient (Wildman–Crippen LogP) is 0.474. The second kappa shape index (κ2) is 7.27. The number of nitrogens with one attached hydrogen (secondary N) is 2. The number of ether oxygens (including phenoxy) is 1. The molecule has 1 atom stereocenters. The molecule has 3 rings (SSSR count). The normalized spacial score (nSPS) is 32.1. The lowest BCUT2D eigenvalue weighted by molar-refractivity contribution is -0.147. The van der Waals surface area contributed by atoms with Crippen molar-refractivity contribution in [2.45, 2.75) is 50.7 Å². The van der Waals surface area contributed by atoms with Crippen LogP contribution in [0.2, 0.25) is 0 Å². The molecule has 2 saturated heterocycles. The molecule has 0 radical (unpaired) electrons. The number of carbonyl (C=O) groups is 2. The molecule has 1 unspecified atom stereocenters. The van der Waals surface area contributed by atoms with Crippen LogP contribution in [0, 0.1) is 11.3 Å². The zero-order chi connectivity index (χ0) is 17.2. The molecule has 7 nitrogen and oxygen atoms in total. The maximum absolute atomic E-state index is 12.4. The minimum atomic E-state index is -0.276. The molecule has 1 aliphatic carbocycles. The molecule has 3 fully saturated rings. The standard InChI is InChI=1S/C17H29N3O4/c1-18-16(23)19-10-14-2-3-17(11-24-14)4-6-20(7-5-17)15(22)12-8-13(21)9-12/h12-14,21H,2-11H2,1H3,(H2,18,19,23). The van der Waals surface area contributed by atoms with Gasteiger partial charge in [-0.25, -0.2) is 4.79 Å². The van der Waals surface area contributed by atoms with Crippen molar-refractivity contribution in [3.05, 3.63) is 0 Å². The zero-order valence-corrected chi connectivity index (χ0v) is 14.4. The van der Waals surface area contributed by atoms with Gasteiger partial charge in [-0.1, -0.05) is 0 Å². The molecule has 7 heteroatoms. The molecule has 1 spiro atoms. The first-order valence-electron chi connectivity index (χ1n) is 9.05. The Hall–Kier alpha value is -1.34. The summed E-state index contributed by atoms with van der Waals surface area (Å²) in [5.41, 5.74) is 0.194. The fraction of sp³-hybridized carbons (Fsp3) is 0.882. The van der Waals surface area contributed by atoms with E-state index in [-0.39, 0.29) is 35.5 Å². The van der Waals surface area contributed by atoms with E-state index in [0.29, 0.717) is 19.4 Å². The summed E-state index contributed by atoms with van der Waals surface area (Å²) in [5, 5.41) is 14.7. The van der Waals surface area contributed by atoms with E-state index in [1.807, 2.05) is 4.90 Å². The Bertz CT molecular complexity index is 460. The van der Waals surface area contributed by atoms with Gasteiger partial charge in [0.1, 0.15) is 0 Å². The van der Waals surface area contributed by atoms with E-state index in [9.17, 15) is 14.7 Å². The summed E-state index contributed by atoms with van der Waals surface area (Å²) in [5.74, 6) is 0.261. The molecular weight excluding hydrogens is 310 g/mol. The van der Waals surface area contributed by atoms with Crippen LogP contribution in [0.25, 0.3) is 0 Å². The van der Waals surface area contributed by atoms with E-state index in [1.54, 1.807) is 7.05 Å². The van der Waals surface area contributed by atoms with E-state index in [1.165, 1.54) is 0 Å². The Kier molecular flexibility index (Phi) is 5.30. The van der Waals surface area contributed by atoms with E-state index in [2.05, 4.69) is 10.6 Å². The first-order valence-corrected chi connectivity index (χ1v) is 9.05. The largest absolute Gasteiger partial charge is 0.393 e. The van der Waals surface area contributed by atoms with Gasteiger partial charge in [-0.2, -0.15) is 0 Å². The number of aliphatic hydroxyl groups excluding tert-OH is 1. The average Bonchev–Trinajstić information content (AvgIpc) is 2.58. The van der Waals surface area contributed by atoms with E-state index in [4.69, 9.17) is 4.74 Å². The molecule has 24 heavy (non-hydrogen) atoms. The third-order valence-corrected chi connectivity index (χ3v) is 5.94. The summed E-state index contributed by atoms with van der Waals surface area (Å²) in [6.07, 6.45) is 5.09. The third kappa shape index (κ3) is 3.83.